The molecule has 0 aromatic carbocycles. The topological polar surface area (TPSA) is 61.0 Å². The van der Waals surface area contributed by atoms with E-state index in [4.69, 9.17) is 0 Å². The van der Waals surface area contributed by atoms with E-state index in [2.05, 4.69) is 27.3 Å². The van der Waals surface area contributed by atoms with E-state index in [0.29, 0.717) is 17.7 Å². The van der Waals surface area contributed by atoms with Gasteiger partial charge in [0.25, 0.3) is 5.91 Å². The summed E-state index contributed by atoms with van der Waals surface area (Å²) in [7, 11) is 0. The highest BCUT2D eigenvalue weighted by Gasteiger charge is 2.27. The molecule has 5 nitrogen and oxygen atoms in total. The number of carbonyl (C=O) groups is 1. The van der Waals surface area contributed by atoms with Crippen LogP contribution in [0.5, 0.6) is 0 Å². The molecule has 1 aromatic rings. The second kappa shape index (κ2) is 5.95. The second-order valence-corrected chi connectivity index (χ2v) is 6.00. The minimum atomic E-state index is -0.0502. The minimum Gasteiger partial charge on any atom is -0.349 e. The van der Waals surface area contributed by atoms with Crippen LogP contribution in [0.4, 0.5) is 0 Å². The fourth-order valence-corrected chi connectivity index (χ4v) is 3.00. The SMILES string of the molecule is CC[C@@H](CNC(=O)c1cc(C2CC2)[nH]n1)N1CCCC1. The van der Waals surface area contributed by atoms with Gasteiger partial charge in [0.15, 0.2) is 0 Å². The molecule has 1 saturated carbocycles. The number of hydrogen-bond acceptors (Lipinski definition) is 3. The lowest BCUT2D eigenvalue weighted by Gasteiger charge is -2.26. The lowest BCUT2D eigenvalue weighted by atomic mass is 10.2. The normalized spacial score (nSPS) is 21.1. The van der Waals surface area contributed by atoms with E-state index in [1.807, 2.05) is 6.07 Å². The van der Waals surface area contributed by atoms with Crippen molar-refractivity contribution in [3.05, 3.63) is 17.5 Å². The number of carbonyl (C=O) groups excluding carboxylic acids is 1. The molecule has 2 aliphatic rings. The van der Waals surface area contributed by atoms with Crippen LogP contribution in [0.25, 0.3) is 0 Å². The average Bonchev–Trinajstić information content (AvgIpc) is 2.97. The number of likely N-dealkylation sites (tertiary alicyclic amines) is 1. The zero-order valence-electron chi connectivity index (χ0n) is 12.2. The zero-order valence-corrected chi connectivity index (χ0v) is 12.2. The third-order valence-corrected chi connectivity index (χ3v) is 4.47. The summed E-state index contributed by atoms with van der Waals surface area (Å²) >= 11 is 0. The van der Waals surface area contributed by atoms with Crippen LogP contribution in [-0.4, -0.2) is 46.7 Å². The first-order valence-electron chi connectivity index (χ1n) is 7.85. The number of H-pyrrole nitrogens is 1. The molecule has 20 heavy (non-hydrogen) atoms. The van der Waals surface area contributed by atoms with Crippen LogP contribution < -0.4 is 5.32 Å². The first-order chi connectivity index (χ1) is 9.78. The van der Waals surface area contributed by atoms with Crippen LogP contribution in [0.2, 0.25) is 0 Å². The average molecular weight is 276 g/mol. The van der Waals surface area contributed by atoms with E-state index in [1.165, 1.54) is 38.8 Å². The highest BCUT2D eigenvalue weighted by Crippen LogP contribution is 2.38. The maximum Gasteiger partial charge on any atom is 0.271 e. The first-order valence-corrected chi connectivity index (χ1v) is 7.85. The van der Waals surface area contributed by atoms with Gasteiger partial charge in [0, 0.05) is 24.2 Å². The maximum atomic E-state index is 12.1. The lowest BCUT2D eigenvalue weighted by Crippen LogP contribution is -2.42. The molecule has 3 rings (SSSR count). The Morgan fingerprint density at radius 2 is 2.25 bits per heavy atom. The van der Waals surface area contributed by atoms with Gasteiger partial charge < -0.3 is 5.32 Å². The van der Waals surface area contributed by atoms with E-state index < -0.39 is 0 Å². The summed E-state index contributed by atoms with van der Waals surface area (Å²) in [5.74, 6) is 0.558. The number of aromatic nitrogens is 2. The fourth-order valence-electron chi connectivity index (χ4n) is 3.00. The van der Waals surface area contributed by atoms with Crippen molar-refractivity contribution in [2.45, 2.75) is 51.0 Å². The molecule has 2 N–H and O–H groups in total. The Bertz CT molecular complexity index is 460. The molecule has 1 amide bonds. The molecule has 1 aromatic heterocycles. The molecule has 2 fully saturated rings. The minimum absolute atomic E-state index is 0.0502. The molecule has 1 atom stereocenters. The van der Waals surface area contributed by atoms with E-state index >= 15 is 0 Å². The van der Waals surface area contributed by atoms with Gasteiger partial charge in [-0.15, -0.1) is 0 Å². The number of aromatic amines is 1. The largest absolute Gasteiger partial charge is 0.349 e. The van der Waals surface area contributed by atoms with Crippen LogP contribution in [0.3, 0.4) is 0 Å². The molecule has 110 valence electrons. The summed E-state index contributed by atoms with van der Waals surface area (Å²) in [5.41, 5.74) is 1.64. The summed E-state index contributed by atoms with van der Waals surface area (Å²) in [6.45, 7) is 5.25. The molecule has 1 saturated heterocycles. The predicted molar refractivity (Wildman–Crippen MR) is 77.8 cm³/mol. The summed E-state index contributed by atoms with van der Waals surface area (Å²) in [6, 6.07) is 2.37. The summed E-state index contributed by atoms with van der Waals surface area (Å²) in [5, 5.41) is 10.1. The number of nitrogens with zero attached hydrogens (tertiary/aromatic N) is 2. The number of amides is 1. The van der Waals surface area contributed by atoms with Crippen LogP contribution in [0.1, 0.15) is 61.1 Å². The van der Waals surface area contributed by atoms with Gasteiger partial charge >= 0.3 is 0 Å². The first kappa shape index (κ1) is 13.6. The smallest absolute Gasteiger partial charge is 0.271 e. The molecule has 1 aliphatic carbocycles. The van der Waals surface area contributed by atoms with Crippen molar-refractivity contribution < 1.29 is 4.79 Å². The monoisotopic (exact) mass is 276 g/mol. The highest BCUT2D eigenvalue weighted by atomic mass is 16.1. The standard InChI is InChI=1S/C15H24N4O/c1-2-12(19-7-3-4-8-19)10-16-15(20)14-9-13(17-18-14)11-5-6-11/h9,11-12H,2-8,10H2,1H3,(H,16,20)(H,17,18)/t12-/m0/s1. The molecule has 2 heterocycles. The summed E-state index contributed by atoms with van der Waals surface area (Å²) in [4.78, 5) is 14.6. The molecule has 0 bridgehead atoms. The quantitative estimate of drug-likeness (QED) is 0.834. The molecule has 1 aliphatic heterocycles. The molecule has 0 spiro atoms. The van der Waals surface area contributed by atoms with Crippen LogP contribution >= 0.6 is 0 Å². The lowest BCUT2D eigenvalue weighted by molar-refractivity contribution is 0.0932. The third kappa shape index (κ3) is 3.03. The van der Waals surface area contributed by atoms with Crippen molar-refractivity contribution >= 4 is 5.91 Å². The number of nitrogens with one attached hydrogen (secondary N) is 2. The van der Waals surface area contributed by atoms with Gasteiger partial charge in [0.1, 0.15) is 5.69 Å². The van der Waals surface area contributed by atoms with Gasteiger partial charge in [0.2, 0.25) is 0 Å². The highest BCUT2D eigenvalue weighted by molar-refractivity contribution is 5.92. The predicted octanol–water partition coefficient (Wildman–Crippen LogP) is 1.89. The summed E-state index contributed by atoms with van der Waals surface area (Å²) in [6.07, 6.45) is 6.09. The van der Waals surface area contributed by atoms with Crippen molar-refractivity contribution in [3.8, 4) is 0 Å². The maximum absolute atomic E-state index is 12.1. The number of hydrogen-bond donors (Lipinski definition) is 2. The Labute approximate surface area is 120 Å². The molecular weight excluding hydrogens is 252 g/mol. The number of rotatable bonds is 6. The van der Waals surface area contributed by atoms with Gasteiger partial charge in [-0.05, 0) is 51.3 Å². The Morgan fingerprint density at radius 3 is 2.90 bits per heavy atom. The van der Waals surface area contributed by atoms with Crippen LogP contribution in [0.15, 0.2) is 6.07 Å². The second-order valence-electron chi connectivity index (χ2n) is 6.00. The van der Waals surface area contributed by atoms with Gasteiger partial charge in [-0.1, -0.05) is 6.92 Å². The van der Waals surface area contributed by atoms with E-state index in [-0.39, 0.29) is 5.91 Å². The molecule has 0 radical (unpaired) electrons. The molecule has 0 unspecified atom stereocenters. The van der Waals surface area contributed by atoms with Crippen molar-refractivity contribution in [1.82, 2.24) is 20.4 Å². The molecule has 5 heteroatoms. The van der Waals surface area contributed by atoms with Crippen molar-refractivity contribution in [1.29, 1.82) is 0 Å². The fraction of sp³-hybridized carbons (Fsp3) is 0.733. The van der Waals surface area contributed by atoms with E-state index in [0.717, 1.165) is 18.7 Å². The molecular formula is C15H24N4O. The summed E-state index contributed by atoms with van der Waals surface area (Å²) < 4.78 is 0. The Hall–Kier alpha value is -1.36. The van der Waals surface area contributed by atoms with E-state index in [1.54, 1.807) is 0 Å². The van der Waals surface area contributed by atoms with Gasteiger partial charge in [-0.3, -0.25) is 14.8 Å². The van der Waals surface area contributed by atoms with Crippen molar-refractivity contribution in [2.24, 2.45) is 0 Å². The third-order valence-electron chi connectivity index (χ3n) is 4.47. The van der Waals surface area contributed by atoms with Crippen LogP contribution in [0, 0.1) is 0 Å². The Balaban J connectivity index is 1.51. The van der Waals surface area contributed by atoms with Gasteiger partial charge in [-0.2, -0.15) is 5.10 Å². The Morgan fingerprint density at radius 1 is 1.50 bits per heavy atom. The van der Waals surface area contributed by atoms with Crippen molar-refractivity contribution in [2.75, 3.05) is 19.6 Å². The Kier molecular flexibility index (Phi) is 4.05. The van der Waals surface area contributed by atoms with Crippen LogP contribution in [-0.2, 0) is 0 Å². The zero-order chi connectivity index (χ0) is 13.9. The van der Waals surface area contributed by atoms with Gasteiger partial charge in [0.05, 0.1) is 0 Å². The van der Waals surface area contributed by atoms with E-state index in [9.17, 15) is 4.79 Å². The van der Waals surface area contributed by atoms with Gasteiger partial charge in [-0.25, -0.2) is 0 Å². The van der Waals surface area contributed by atoms with Crippen molar-refractivity contribution in [3.63, 3.8) is 0 Å².